The van der Waals surface area contributed by atoms with E-state index in [-0.39, 0.29) is 30.4 Å². The van der Waals surface area contributed by atoms with Crippen molar-refractivity contribution in [3.05, 3.63) is 54.6 Å². The van der Waals surface area contributed by atoms with Crippen LogP contribution in [0.25, 0.3) is 0 Å². The van der Waals surface area contributed by atoms with Gasteiger partial charge in [-0.05, 0) is 38.3 Å². The van der Waals surface area contributed by atoms with Crippen molar-refractivity contribution < 1.29 is 24.2 Å². The molecule has 2 saturated heterocycles. The minimum atomic E-state index is -1.29. The van der Waals surface area contributed by atoms with Crippen molar-refractivity contribution in [1.82, 2.24) is 9.80 Å². The Morgan fingerprint density at radius 1 is 0.949 bits per heavy atom. The summed E-state index contributed by atoms with van der Waals surface area (Å²) in [4.78, 5) is 48.6. The molecule has 0 bridgehead atoms. The second-order valence-corrected chi connectivity index (χ2v) is 11.9. The molecule has 6 rings (SSSR count). The molecule has 8 heteroatoms. The molecule has 8 nitrogen and oxygen atoms in total. The van der Waals surface area contributed by atoms with E-state index in [1.165, 1.54) is 6.42 Å². The smallest absolute Gasteiger partial charge is 0.249 e. The van der Waals surface area contributed by atoms with Crippen LogP contribution in [0.1, 0.15) is 52.4 Å². The molecular formula is C31H39N3O5. The van der Waals surface area contributed by atoms with Gasteiger partial charge in [-0.2, -0.15) is 0 Å². The Morgan fingerprint density at radius 2 is 1.67 bits per heavy atom. The minimum absolute atomic E-state index is 0.119. The monoisotopic (exact) mass is 533 g/mol. The van der Waals surface area contributed by atoms with E-state index in [1.54, 1.807) is 9.80 Å². The number of ether oxygens (including phenoxy) is 1. The molecule has 4 heterocycles. The van der Waals surface area contributed by atoms with Crippen LogP contribution in [0, 0.1) is 11.8 Å². The Balaban J connectivity index is 1.47. The van der Waals surface area contributed by atoms with E-state index in [0.29, 0.717) is 19.5 Å². The number of hydrogen-bond donors (Lipinski definition) is 1. The summed E-state index contributed by atoms with van der Waals surface area (Å²) in [6.45, 7) is 4.35. The van der Waals surface area contributed by atoms with Crippen molar-refractivity contribution in [3.8, 4) is 0 Å². The third-order valence-corrected chi connectivity index (χ3v) is 9.68. The van der Waals surface area contributed by atoms with Crippen LogP contribution in [0.2, 0.25) is 0 Å². The molecule has 1 aromatic carbocycles. The molecule has 1 N–H and O–H groups in total. The van der Waals surface area contributed by atoms with Gasteiger partial charge in [0.15, 0.2) is 0 Å². The second-order valence-electron chi connectivity index (χ2n) is 11.9. The van der Waals surface area contributed by atoms with Gasteiger partial charge in [0, 0.05) is 24.8 Å². The maximum absolute atomic E-state index is 14.5. The maximum atomic E-state index is 14.5. The van der Waals surface area contributed by atoms with E-state index in [1.807, 2.05) is 73.4 Å². The van der Waals surface area contributed by atoms with Gasteiger partial charge in [0.05, 0.1) is 30.1 Å². The van der Waals surface area contributed by atoms with Gasteiger partial charge in [0.1, 0.15) is 11.6 Å². The van der Waals surface area contributed by atoms with E-state index in [4.69, 9.17) is 4.74 Å². The molecule has 0 radical (unpaired) electrons. The van der Waals surface area contributed by atoms with E-state index in [9.17, 15) is 19.5 Å². The number of amides is 3. The maximum Gasteiger partial charge on any atom is 0.249 e. The summed E-state index contributed by atoms with van der Waals surface area (Å²) in [5, 5.41) is 10.3. The summed E-state index contributed by atoms with van der Waals surface area (Å²) in [6, 6.07) is 8.12. The van der Waals surface area contributed by atoms with Gasteiger partial charge >= 0.3 is 0 Å². The Labute approximate surface area is 230 Å². The van der Waals surface area contributed by atoms with Crippen LogP contribution in [-0.4, -0.2) is 81.7 Å². The molecule has 1 aromatic rings. The number of anilines is 1. The van der Waals surface area contributed by atoms with Gasteiger partial charge < -0.3 is 24.5 Å². The number of benzene rings is 1. The summed E-state index contributed by atoms with van der Waals surface area (Å²) in [5.41, 5.74) is -1.59. The van der Waals surface area contributed by atoms with E-state index in [2.05, 4.69) is 0 Å². The van der Waals surface area contributed by atoms with E-state index < -0.39 is 35.1 Å². The number of rotatable bonds is 5. The summed E-state index contributed by atoms with van der Waals surface area (Å²) >= 11 is 0. The number of fused-ring (bicyclic) bond motifs is 2. The number of likely N-dealkylation sites (tertiary alicyclic amines) is 1. The molecule has 3 amide bonds. The second kappa shape index (κ2) is 9.89. The number of nitrogens with zero attached hydrogens (tertiary/aromatic N) is 3. The molecule has 1 aliphatic carbocycles. The average Bonchev–Trinajstić information content (AvgIpc) is 3.22. The predicted octanol–water partition coefficient (Wildman–Crippen LogP) is 3.06. The standard InChI is InChI=1S/C31H39N3O5/c1-3-21(20-35)34-26-29(38)33(23-14-8-5-9-15-23)19-11-17-31(26)25(28(34)37)24-27(36)32(22-12-6-4-7-13-22)18-10-16-30(24,2)39-31/h4,6-7,10-13,16-17,21,23-26,35H,3,5,8-9,14-15,18-20H2,1-2H3/t21-,24+,25-,26?,30-,31-/m0/s1. The van der Waals surface area contributed by atoms with Crippen molar-refractivity contribution >= 4 is 23.4 Å². The lowest BCUT2D eigenvalue weighted by Gasteiger charge is -2.42. The highest BCUT2D eigenvalue weighted by Gasteiger charge is 2.75. The fourth-order valence-electron chi connectivity index (χ4n) is 7.85. The van der Waals surface area contributed by atoms with Crippen LogP contribution in [0.3, 0.4) is 0 Å². The van der Waals surface area contributed by atoms with Crippen molar-refractivity contribution in [2.45, 2.75) is 81.7 Å². The van der Waals surface area contributed by atoms with Crippen LogP contribution >= 0.6 is 0 Å². The largest absolute Gasteiger partial charge is 0.394 e. The lowest BCUT2D eigenvalue weighted by atomic mass is 9.74. The molecule has 4 aliphatic heterocycles. The molecule has 6 atom stereocenters. The lowest BCUT2D eigenvalue weighted by molar-refractivity contribution is -0.156. The number of para-hydroxylation sites is 1. The topological polar surface area (TPSA) is 90.4 Å². The normalized spacial score (nSPS) is 35.5. The molecule has 39 heavy (non-hydrogen) atoms. The first-order valence-corrected chi connectivity index (χ1v) is 14.5. The van der Waals surface area contributed by atoms with Crippen LogP contribution in [0.4, 0.5) is 5.69 Å². The molecule has 1 saturated carbocycles. The predicted molar refractivity (Wildman–Crippen MR) is 147 cm³/mol. The highest BCUT2D eigenvalue weighted by Crippen LogP contribution is 2.58. The molecule has 5 aliphatic rings. The molecule has 1 spiro atoms. The highest BCUT2D eigenvalue weighted by atomic mass is 16.5. The quantitative estimate of drug-likeness (QED) is 0.588. The highest BCUT2D eigenvalue weighted by molar-refractivity contribution is 6.04. The van der Waals surface area contributed by atoms with Crippen molar-refractivity contribution in [3.63, 3.8) is 0 Å². The summed E-state index contributed by atoms with van der Waals surface area (Å²) in [7, 11) is 0. The Kier molecular flexibility index (Phi) is 6.66. The minimum Gasteiger partial charge on any atom is -0.394 e. The number of carbonyl (C=O) groups excluding carboxylic acids is 3. The molecular weight excluding hydrogens is 494 g/mol. The van der Waals surface area contributed by atoms with Crippen LogP contribution < -0.4 is 4.90 Å². The number of aliphatic hydroxyl groups is 1. The zero-order valence-corrected chi connectivity index (χ0v) is 22.9. The van der Waals surface area contributed by atoms with Gasteiger partial charge in [-0.3, -0.25) is 14.4 Å². The third-order valence-electron chi connectivity index (χ3n) is 9.68. The Morgan fingerprint density at radius 3 is 2.36 bits per heavy atom. The zero-order valence-electron chi connectivity index (χ0n) is 22.9. The Bertz CT molecular complexity index is 1190. The van der Waals surface area contributed by atoms with Crippen molar-refractivity contribution in [2.75, 3.05) is 24.6 Å². The van der Waals surface area contributed by atoms with Crippen LogP contribution in [-0.2, 0) is 19.1 Å². The van der Waals surface area contributed by atoms with E-state index >= 15 is 0 Å². The summed E-state index contributed by atoms with van der Waals surface area (Å²) < 4.78 is 6.92. The number of aliphatic hydroxyl groups excluding tert-OH is 1. The van der Waals surface area contributed by atoms with Crippen molar-refractivity contribution in [1.29, 1.82) is 0 Å². The zero-order chi connectivity index (χ0) is 27.4. The SMILES string of the molecule is CC[C@@H](CO)N1C(=O)[C@@H]2[C@@H]3C(=O)N(c4ccccc4)CC=C[C@]3(C)O[C@@]23C=CCN(C2CCCCC2)C(=O)C13. The summed E-state index contributed by atoms with van der Waals surface area (Å²) in [6.07, 6.45) is 13.4. The fourth-order valence-corrected chi connectivity index (χ4v) is 7.85. The van der Waals surface area contributed by atoms with Gasteiger partial charge in [0.2, 0.25) is 17.7 Å². The number of carbonyl (C=O) groups is 3. The number of hydrogen-bond acceptors (Lipinski definition) is 5. The fraction of sp³-hybridized carbons (Fsp3) is 0.581. The van der Waals surface area contributed by atoms with Crippen LogP contribution in [0.5, 0.6) is 0 Å². The first kappa shape index (κ1) is 26.3. The first-order valence-electron chi connectivity index (χ1n) is 14.5. The summed E-state index contributed by atoms with van der Waals surface area (Å²) in [5.74, 6) is -2.29. The van der Waals surface area contributed by atoms with E-state index in [0.717, 1.165) is 31.4 Å². The molecule has 0 aromatic heterocycles. The van der Waals surface area contributed by atoms with Crippen molar-refractivity contribution in [2.24, 2.45) is 11.8 Å². The van der Waals surface area contributed by atoms with Crippen LogP contribution in [0.15, 0.2) is 54.6 Å². The lowest BCUT2D eigenvalue weighted by Crippen LogP contribution is -2.60. The molecule has 208 valence electrons. The Hall–Kier alpha value is -2.97. The van der Waals surface area contributed by atoms with Gasteiger partial charge in [0.25, 0.3) is 0 Å². The average molecular weight is 534 g/mol. The van der Waals surface area contributed by atoms with Gasteiger partial charge in [-0.25, -0.2) is 0 Å². The first-order chi connectivity index (χ1) is 18.9. The van der Waals surface area contributed by atoms with Gasteiger partial charge in [-0.15, -0.1) is 0 Å². The molecule has 1 unspecified atom stereocenters. The molecule has 3 fully saturated rings. The van der Waals surface area contributed by atoms with Gasteiger partial charge in [-0.1, -0.05) is 68.7 Å². The third kappa shape index (κ3) is 3.90.